The maximum Gasteiger partial charge on any atom is 0.305 e. The Kier molecular flexibility index (Phi) is 4.22. The first-order valence-corrected chi connectivity index (χ1v) is 6.50. The van der Waals surface area contributed by atoms with Gasteiger partial charge < -0.3 is 15.1 Å². The summed E-state index contributed by atoms with van der Waals surface area (Å²) in [6.07, 6.45) is 2.10. The Morgan fingerprint density at radius 1 is 1.35 bits per heavy atom. The van der Waals surface area contributed by atoms with Crippen molar-refractivity contribution in [3.63, 3.8) is 0 Å². The number of aromatic hydroxyl groups is 1. The van der Waals surface area contributed by atoms with E-state index < -0.39 is 23.7 Å². The van der Waals surface area contributed by atoms with Gasteiger partial charge in [0.1, 0.15) is 11.6 Å². The van der Waals surface area contributed by atoms with Crippen molar-refractivity contribution in [1.82, 2.24) is 4.90 Å². The molecule has 1 amide bonds. The molecule has 2 N–H and O–H groups in total. The number of carboxylic acids is 1. The Labute approximate surface area is 115 Å². The highest BCUT2D eigenvalue weighted by atomic mass is 19.1. The van der Waals surface area contributed by atoms with Gasteiger partial charge in [-0.2, -0.15) is 0 Å². The number of benzene rings is 1. The van der Waals surface area contributed by atoms with E-state index in [9.17, 15) is 19.1 Å². The number of piperidine rings is 1. The summed E-state index contributed by atoms with van der Waals surface area (Å²) in [5.41, 5.74) is -0.123. The molecule has 1 aromatic carbocycles. The van der Waals surface area contributed by atoms with Crippen molar-refractivity contribution in [2.75, 3.05) is 6.54 Å². The highest BCUT2D eigenvalue weighted by Gasteiger charge is 2.30. The number of carbonyl (C=O) groups is 2. The number of carbonyl (C=O) groups excluding carboxylic acids is 1. The minimum atomic E-state index is -0.974. The minimum absolute atomic E-state index is 0.123. The highest BCUT2D eigenvalue weighted by Crippen LogP contribution is 2.26. The summed E-state index contributed by atoms with van der Waals surface area (Å²) in [4.78, 5) is 24.6. The number of amides is 1. The molecule has 0 bridgehead atoms. The fraction of sp³-hybridized carbons (Fsp3) is 0.429. The second kappa shape index (κ2) is 5.90. The molecule has 0 spiro atoms. The number of rotatable bonds is 3. The first kappa shape index (κ1) is 14.3. The third-order valence-electron chi connectivity index (χ3n) is 3.49. The van der Waals surface area contributed by atoms with Gasteiger partial charge in [0.25, 0.3) is 5.91 Å². The van der Waals surface area contributed by atoms with Crippen LogP contribution < -0.4 is 0 Å². The Balaban J connectivity index is 2.25. The van der Waals surface area contributed by atoms with Gasteiger partial charge in [-0.3, -0.25) is 9.59 Å². The molecule has 1 aromatic rings. The van der Waals surface area contributed by atoms with Gasteiger partial charge in [-0.1, -0.05) is 0 Å². The zero-order chi connectivity index (χ0) is 14.7. The van der Waals surface area contributed by atoms with Crippen molar-refractivity contribution in [2.45, 2.75) is 31.7 Å². The van der Waals surface area contributed by atoms with Gasteiger partial charge in [-0.05, 0) is 37.5 Å². The normalized spacial score (nSPS) is 18.9. The monoisotopic (exact) mass is 281 g/mol. The van der Waals surface area contributed by atoms with E-state index in [4.69, 9.17) is 5.11 Å². The molecule has 1 unspecified atom stereocenters. The molecule has 0 aromatic heterocycles. The molecule has 2 rings (SSSR count). The van der Waals surface area contributed by atoms with Crippen LogP contribution in [-0.2, 0) is 4.79 Å². The topological polar surface area (TPSA) is 77.8 Å². The van der Waals surface area contributed by atoms with Crippen LogP contribution in [0.25, 0.3) is 0 Å². The lowest BCUT2D eigenvalue weighted by molar-refractivity contribution is -0.138. The van der Waals surface area contributed by atoms with Crippen LogP contribution in [0.5, 0.6) is 5.75 Å². The summed E-state index contributed by atoms with van der Waals surface area (Å²) >= 11 is 0. The van der Waals surface area contributed by atoms with E-state index in [1.165, 1.54) is 4.90 Å². The Morgan fingerprint density at radius 3 is 2.80 bits per heavy atom. The Morgan fingerprint density at radius 2 is 2.10 bits per heavy atom. The SMILES string of the molecule is O=C(O)CC1CCCCN1C(=O)c1cc(F)ccc1O. The van der Waals surface area contributed by atoms with Crippen molar-refractivity contribution >= 4 is 11.9 Å². The summed E-state index contributed by atoms with van der Waals surface area (Å²) < 4.78 is 13.2. The maximum atomic E-state index is 13.2. The molecule has 1 fully saturated rings. The smallest absolute Gasteiger partial charge is 0.305 e. The molecule has 1 saturated heterocycles. The number of hydrogen-bond donors (Lipinski definition) is 2. The molecule has 1 aliphatic rings. The lowest BCUT2D eigenvalue weighted by Crippen LogP contribution is -2.44. The van der Waals surface area contributed by atoms with E-state index in [1.54, 1.807) is 0 Å². The van der Waals surface area contributed by atoms with Crippen molar-refractivity contribution in [3.8, 4) is 5.75 Å². The number of likely N-dealkylation sites (tertiary alicyclic amines) is 1. The molecule has 1 heterocycles. The fourth-order valence-electron chi connectivity index (χ4n) is 2.52. The van der Waals surface area contributed by atoms with Crippen LogP contribution in [0.3, 0.4) is 0 Å². The lowest BCUT2D eigenvalue weighted by atomic mass is 9.98. The molecule has 5 nitrogen and oxygen atoms in total. The largest absolute Gasteiger partial charge is 0.507 e. The standard InChI is InChI=1S/C14H16FNO4/c15-9-4-5-12(17)11(7-9)14(20)16-6-2-1-3-10(16)8-13(18)19/h4-5,7,10,17H,1-3,6,8H2,(H,18,19). The van der Waals surface area contributed by atoms with Gasteiger partial charge >= 0.3 is 5.97 Å². The molecule has 20 heavy (non-hydrogen) atoms. The molecule has 1 aliphatic heterocycles. The second-order valence-electron chi connectivity index (χ2n) is 4.91. The Bertz CT molecular complexity index is 532. The molecule has 1 atom stereocenters. The number of phenolic OH excluding ortho intramolecular Hbond substituents is 1. The van der Waals surface area contributed by atoms with E-state index in [2.05, 4.69) is 0 Å². The third-order valence-corrected chi connectivity index (χ3v) is 3.49. The summed E-state index contributed by atoms with van der Waals surface area (Å²) in [6.45, 7) is 0.423. The van der Waals surface area contributed by atoms with Crippen molar-refractivity contribution in [3.05, 3.63) is 29.6 Å². The van der Waals surface area contributed by atoms with Crippen molar-refractivity contribution < 1.29 is 24.2 Å². The average Bonchev–Trinajstić information content (AvgIpc) is 2.41. The minimum Gasteiger partial charge on any atom is -0.507 e. The molecular formula is C14H16FNO4. The van der Waals surface area contributed by atoms with Gasteiger partial charge in [0, 0.05) is 12.6 Å². The van der Waals surface area contributed by atoms with Crippen molar-refractivity contribution in [2.24, 2.45) is 0 Å². The summed E-state index contributed by atoms with van der Waals surface area (Å²) in [5, 5.41) is 18.6. The van der Waals surface area contributed by atoms with Crippen LogP contribution in [-0.4, -0.2) is 39.6 Å². The van der Waals surface area contributed by atoms with E-state index in [0.717, 1.165) is 31.0 Å². The third kappa shape index (κ3) is 3.07. The number of phenols is 1. The van der Waals surface area contributed by atoms with Gasteiger partial charge in [0.15, 0.2) is 0 Å². The van der Waals surface area contributed by atoms with E-state index in [-0.39, 0.29) is 17.7 Å². The average molecular weight is 281 g/mol. The molecule has 0 saturated carbocycles. The summed E-state index contributed by atoms with van der Waals surface area (Å²) in [5.74, 6) is -2.40. The number of hydrogen-bond acceptors (Lipinski definition) is 3. The Hall–Kier alpha value is -2.11. The van der Waals surface area contributed by atoms with Crippen LogP contribution in [0.2, 0.25) is 0 Å². The zero-order valence-corrected chi connectivity index (χ0v) is 10.9. The van der Waals surface area contributed by atoms with Crippen LogP contribution in [0, 0.1) is 5.82 Å². The number of nitrogens with zero attached hydrogens (tertiary/aromatic N) is 1. The van der Waals surface area contributed by atoms with E-state index in [0.29, 0.717) is 13.0 Å². The van der Waals surface area contributed by atoms with Crippen LogP contribution in [0.4, 0.5) is 4.39 Å². The number of carboxylic acid groups (broad SMARTS) is 1. The molecule has 0 radical (unpaired) electrons. The second-order valence-corrected chi connectivity index (χ2v) is 4.91. The van der Waals surface area contributed by atoms with Crippen LogP contribution in [0.15, 0.2) is 18.2 Å². The maximum absolute atomic E-state index is 13.2. The van der Waals surface area contributed by atoms with Crippen molar-refractivity contribution in [1.29, 1.82) is 0 Å². The fourth-order valence-corrected chi connectivity index (χ4v) is 2.52. The first-order valence-electron chi connectivity index (χ1n) is 6.50. The van der Waals surface area contributed by atoms with Crippen LogP contribution >= 0.6 is 0 Å². The number of aliphatic carboxylic acids is 1. The van der Waals surface area contributed by atoms with Gasteiger partial charge in [0.05, 0.1) is 12.0 Å². The number of halogens is 1. The predicted octanol–water partition coefficient (Wildman–Crippen LogP) is 2.00. The quantitative estimate of drug-likeness (QED) is 0.888. The van der Waals surface area contributed by atoms with Gasteiger partial charge in [-0.15, -0.1) is 0 Å². The zero-order valence-electron chi connectivity index (χ0n) is 10.9. The van der Waals surface area contributed by atoms with Gasteiger partial charge in [-0.25, -0.2) is 4.39 Å². The molecule has 6 heteroatoms. The highest BCUT2D eigenvalue weighted by molar-refractivity contribution is 5.97. The predicted molar refractivity (Wildman–Crippen MR) is 69.0 cm³/mol. The molecule has 108 valence electrons. The summed E-state index contributed by atoms with van der Waals surface area (Å²) in [7, 11) is 0. The lowest BCUT2D eigenvalue weighted by Gasteiger charge is -2.35. The molecule has 0 aliphatic carbocycles. The van der Waals surface area contributed by atoms with E-state index >= 15 is 0 Å². The van der Waals surface area contributed by atoms with E-state index in [1.807, 2.05) is 0 Å². The first-order chi connectivity index (χ1) is 9.49. The van der Waals surface area contributed by atoms with Crippen LogP contribution in [0.1, 0.15) is 36.0 Å². The van der Waals surface area contributed by atoms with Gasteiger partial charge in [0.2, 0.25) is 0 Å². The molecular weight excluding hydrogens is 265 g/mol. The summed E-state index contributed by atoms with van der Waals surface area (Å²) in [6, 6.07) is 2.76.